The van der Waals surface area contributed by atoms with Crippen LogP contribution >= 0.6 is 27.5 Å². The number of aromatic nitrogens is 4. The number of carbonyl (C=O) groups excluding carboxylic acids is 1. The lowest BCUT2D eigenvalue weighted by molar-refractivity contribution is -0.650. The van der Waals surface area contributed by atoms with Crippen LogP contribution < -0.4 is 26.4 Å². The summed E-state index contributed by atoms with van der Waals surface area (Å²) < 4.78 is 5.16. The molecule has 0 bridgehead atoms. The molecule has 0 amide bonds. The molecule has 192 valence electrons. The first-order chi connectivity index (χ1) is 17.7. The molecule has 9 nitrogen and oxygen atoms in total. The van der Waals surface area contributed by atoms with Gasteiger partial charge < -0.3 is 5.73 Å². The molecule has 2 aromatic carbocycles. The van der Waals surface area contributed by atoms with Crippen LogP contribution in [0.15, 0.2) is 62.6 Å². The molecule has 0 aliphatic carbocycles. The number of rotatable bonds is 6. The Balaban J connectivity index is 1.69. The highest BCUT2D eigenvalue weighted by atomic mass is 79.9. The molecule has 5 rings (SSSR count). The molecule has 37 heavy (non-hydrogen) atoms. The summed E-state index contributed by atoms with van der Waals surface area (Å²) in [5.41, 5.74) is 7.15. The molecule has 1 fully saturated rings. The highest BCUT2D eigenvalue weighted by molar-refractivity contribution is 9.10. The summed E-state index contributed by atoms with van der Waals surface area (Å²) in [6, 6.07) is 14.3. The van der Waals surface area contributed by atoms with Crippen molar-refractivity contribution in [2.75, 3.05) is 18.0 Å². The fraction of sp³-hybridized carbons (Fsp3) is 0.308. The summed E-state index contributed by atoms with van der Waals surface area (Å²) in [4.78, 5) is 45.6. The standard InChI is InChI=1S/C26H26BrClN6O3/c1-31-23-22(24(36)34(26(31)37)15-21(35)16-7-4-8-18(28)12-16)33(13-17-6-2-3-10-20(17)27)25(30-23)32-11-5-9-19(29)14-32/h2-4,6-8,10,12,19H,5,9,11,13-15,29H2,1H3/p+1. The third-order valence-corrected chi connectivity index (χ3v) is 7.78. The van der Waals surface area contributed by atoms with Crippen molar-refractivity contribution >= 4 is 50.4 Å². The minimum absolute atomic E-state index is 0.00729. The summed E-state index contributed by atoms with van der Waals surface area (Å²) in [6.45, 7) is 1.37. The summed E-state index contributed by atoms with van der Waals surface area (Å²) in [5.74, 6) is 0.322. The zero-order chi connectivity index (χ0) is 26.3. The van der Waals surface area contributed by atoms with Crippen LogP contribution in [0.25, 0.3) is 11.2 Å². The first kappa shape index (κ1) is 25.4. The number of halogens is 2. The Morgan fingerprint density at radius 2 is 2.00 bits per heavy atom. The van der Waals surface area contributed by atoms with Crippen molar-refractivity contribution in [3.63, 3.8) is 0 Å². The number of nitrogens with one attached hydrogen (secondary N) is 1. The molecular formula is C26H27BrClN6O3+. The Morgan fingerprint density at radius 3 is 2.73 bits per heavy atom. The predicted octanol–water partition coefficient (Wildman–Crippen LogP) is 2.59. The van der Waals surface area contributed by atoms with E-state index >= 15 is 0 Å². The van der Waals surface area contributed by atoms with Gasteiger partial charge in [-0.3, -0.25) is 19.1 Å². The fourth-order valence-corrected chi connectivity index (χ4v) is 5.46. The van der Waals surface area contributed by atoms with E-state index in [-0.39, 0.29) is 11.8 Å². The number of hydrogen-bond acceptors (Lipinski definition) is 5. The minimum atomic E-state index is -0.580. The second kappa shape index (κ2) is 10.3. The number of aryl methyl sites for hydroxylation is 1. The van der Waals surface area contributed by atoms with E-state index in [2.05, 4.69) is 25.8 Å². The number of imidazole rings is 1. The van der Waals surface area contributed by atoms with Crippen LogP contribution in [0.4, 0.5) is 5.95 Å². The van der Waals surface area contributed by atoms with E-state index in [4.69, 9.17) is 17.3 Å². The van der Waals surface area contributed by atoms with Gasteiger partial charge in [0.2, 0.25) is 11.2 Å². The van der Waals surface area contributed by atoms with Crippen LogP contribution in [0.3, 0.4) is 0 Å². The van der Waals surface area contributed by atoms with Gasteiger partial charge >= 0.3 is 11.6 Å². The molecule has 0 saturated carbocycles. The number of piperidine rings is 1. The lowest BCUT2D eigenvalue weighted by atomic mass is 10.1. The molecule has 1 atom stereocenters. The van der Waals surface area contributed by atoms with Crippen LogP contribution in [0.2, 0.25) is 5.02 Å². The molecule has 1 saturated heterocycles. The normalized spacial score (nSPS) is 15.9. The molecule has 1 unspecified atom stereocenters. The highest BCUT2D eigenvalue weighted by Gasteiger charge is 2.32. The Labute approximate surface area is 226 Å². The maximum atomic E-state index is 13.9. The third-order valence-electron chi connectivity index (χ3n) is 6.77. The zero-order valence-corrected chi connectivity index (χ0v) is 22.6. The number of anilines is 1. The smallest absolute Gasteiger partial charge is 0.325 e. The molecule has 1 aliphatic rings. The number of H-pyrrole nitrogens is 1. The van der Waals surface area contributed by atoms with E-state index in [1.807, 2.05) is 28.8 Å². The maximum Gasteiger partial charge on any atom is 0.360 e. The number of carbonyl (C=O) groups is 1. The van der Waals surface area contributed by atoms with Gasteiger partial charge in [-0.05, 0) is 31.0 Å². The van der Waals surface area contributed by atoms with Crippen LogP contribution in [-0.4, -0.2) is 39.0 Å². The van der Waals surface area contributed by atoms with Crippen molar-refractivity contribution in [3.8, 4) is 0 Å². The Kier molecular flexibility index (Phi) is 7.06. The summed E-state index contributed by atoms with van der Waals surface area (Å²) in [5, 5.41) is 0.405. The lowest BCUT2D eigenvalue weighted by Gasteiger charge is -2.26. The zero-order valence-electron chi connectivity index (χ0n) is 20.3. The number of fused-ring (bicyclic) bond motifs is 1. The van der Waals surface area contributed by atoms with Gasteiger partial charge in [-0.25, -0.2) is 18.9 Å². The number of Topliss-reactive ketones (excluding diaryl/α,β-unsaturated/α-hetero) is 1. The van der Waals surface area contributed by atoms with E-state index in [9.17, 15) is 14.4 Å². The first-order valence-electron chi connectivity index (χ1n) is 12.0. The second-order valence-corrected chi connectivity index (χ2v) is 10.6. The van der Waals surface area contributed by atoms with Crippen molar-refractivity contribution in [1.82, 2.24) is 14.1 Å². The Hall–Kier alpha value is -3.21. The van der Waals surface area contributed by atoms with Gasteiger partial charge in [-0.2, -0.15) is 0 Å². The number of ketones is 1. The van der Waals surface area contributed by atoms with Gasteiger partial charge in [-0.15, -0.1) is 0 Å². The molecule has 0 radical (unpaired) electrons. The van der Waals surface area contributed by atoms with Crippen LogP contribution in [0.1, 0.15) is 28.8 Å². The lowest BCUT2D eigenvalue weighted by Crippen LogP contribution is -2.51. The highest BCUT2D eigenvalue weighted by Crippen LogP contribution is 2.21. The monoisotopic (exact) mass is 585 g/mol. The van der Waals surface area contributed by atoms with Crippen LogP contribution in [0.5, 0.6) is 0 Å². The average Bonchev–Trinajstić information content (AvgIpc) is 3.26. The third kappa shape index (κ3) is 4.88. The maximum absolute atomic E-state index is 13.9. The largest absolute Gasteiger partial charge is 0.360 e. The van der Waals surface area contributed by atoms with Crippen LogP contribution in [-0.2, 0) is 20.1 Å². The molecule has 0 spiro atoms. The van der Waals surface area contributed by atoms with E-state index in [1.165, 1.54) is 10.6 Å². The van der Waals surface area contributed by atoms with Crippen molar-refractivity contribution in [1.29, 1.82) is 0 Å². The molecule has 3 heterocycles. The van der Waals surface area contributed by atoms with Gasteiger partial charge in [0.25, 0.3) is 5.56 Å². The average molecular weight is 587 g/mol. The molecule has 3 N–H and O–H groups in total. The van der Waals surface area contributed by atoms with Crippen LogP contribution in [0, 0.1) is 0 Å². The Morgan fingerprint density at radius 1 is 1.22 bits per heavy atom. The van der Waals surface area contributed by atoms with Gasteiger partial charge in [0, 0.05) is 33.7 Å². The number of benzene rings is 2. The second-order valence-electron chi connectivity index (χ2n) is 9.34. The molecule has 11 heteroatoms. The summed E-state index contributed by atoms with van der Waals surface area (Å²) >= 11 is 9.65. The molecule has 2 aromatic heterocycles. The van der Waals surface area contributed by atoms with E-state index in [1.54, 1.807) is 25.2 Å². The fourth-order valence-electron chi connectivity index (χ4n) is 4.86. The van der Waals surface area contributed by atoms with Crippen molar-refractivity contribution in [2.45, 2.75) is 32.0 Å². The predicted molar refractivity (Wildman–Crippen MR) is 146 cm³/mol. The SMILES string of the molecule is Cn1c(=O)n(CC(=O)c2cccc(Cl)c2)c(=O)c2c1[nH]c(N1CCCC(N)C1)[n+]2Cc1ccccc1Br. The first-order valence-corrected chi connectivity index (χ1v) is 13.2. The molecular weight excluding hydrogens is 560 g/mol. The molecule has 1 aliphatic heterocycles. The number of nitrogens with two attached hydrogens (primary N) is 1. The van der Waals surface area contributed by atoms with Crippen molar-refractivity contribution < 1.29 is 9.36 Å². The number of hydrogen-bond donors (Lipinski definition) is 2. The molecule has 4 aromatic rings. The minimum Gasteiger partial charge on any atom is -0.325 e. The quantitative estimate of drug-likeness (QED) is 0.267. The summed E-state index contributed by atoms with van der Waals surface area (Å²) in [6.07, 6.45) is 1.85. The number of nitrogens with zero attached hydrogens (tertiary/aromatic N) is 4. The van der Waals surface area contributed by atoms with Gasteiger partial charge in [-0.1, -0.05) is 57.9 Å². The van der Waals surface area contributed by atoms with Gasteiger partial charge in [0.1, 0.15) is 0 Å². The van der Waals surface area contributed by atoms with Crippen molar-refractivity contribution in [3.05, 3.63) is 90.0 Å². The van der Waals surface area contributed by atoms with Gasteiger partial charge in [0.15, 0.2) is 5.78 Å². The van der Waals surface area contributed by atoms with Crippen molar-refractivity contribution in [2.24, 2.45) is 12.8 Å². The van der Waals surface area contributed by atoms with E-state index in [0.717, 1.165) is 34.0 Å². The Bertz CT molecular complexity index is 1630. The van der Waals surface area contributed by atoms with Gasteiger partial charge in [0.05, 0.1) is 26.2 Å². The topological polar surface area (TPSA) is 110 Å². The van der Waals surface area contributed by atoms with E-state index in [0.29, 0.717) is 40.8 Å². The number of aromatic amines is 1. The summed E-state index contributed by atoms with van der Waals surface area (Å²) in [7, 11) is 1.59. The van der Waals surface area contributed by atoms with E-state index < -0.39 is 17.8 Å².